The molecule has 0 unspecified atom stereocenters. The fourth-order valence-corrected chi connectivity index (χ4v) is 4.61. The number of aryl methyl sites for hydroxylation is 1. The summed E-state index contributed by atoms with van der Waals surface area (Å²) >= 11 is 1.32. The van der Waals surface area contributed by atoms with Gasteiger partial charge in [0.05, 0.1) is 32.6 Å². The van der Waals surface area contributed by atoms with Crippen molar-refractivity contribution in [2.45, 2.75) is 28.5 Å². The van der Waals surface area contributed by atoms with Gasteiger partial charge in [-0.05, 0) is 38.1 Å². The number of carbonyl (C=O) groups excluding carboxylic acids is 1. The number of nitro benzene ring substituents is 1. The predicted octanol–water partition coefficient (Wildman–Crippen LogP) is 3.18. The van der Waals surface area contributed by atoms with Crippen LogP contribution in [0, 0.1) is 24.0 Å². The predicted molar refractivity (Wildman–Crippen MR) is 111 cm³/mol. The van der Waals surface area contributed by atoms with E-state index in [1.54, 1.807) is 44.2 Å². The average molecular weight is 447 g/mol. The molecule has 0 aliphatic rings. The number of sulfonamides is 1. The van der Waals surface area contributed by atoms with Crippen molar-refractivity contribution >= 4 is 33.4 Å². The van der Waals surface area contributed by atoms with Crippen molar-refractivity contribution in [1.82, 2.24) is 14.5 Å². The minimum Gasteiger partial charge on any atom is -0.271 e. The van der Waals surface area contributed by atoms with Gasteiger partial charge in [0.25, 0.3) is 11.6 Å². The molecule has 0 saturated carbocycles. The lowest BCUT2D eigenvalue weighted by Gasteiger charge is -2.07. The molecule has 0 amide bonds. The first-order chi connectivity index (χ1) is 14.2. The summed E-state index contributed by atoms with van der Waals surface area (Å²) in [6.07, 6.45) is 0. The van der Waals surface area contributed by atoms with E-state index < -0.39 is 27.4 Å². The molecule has 3 rings (SSSR count). The van der Waals surface area contributed by atoms with Crippen LogP contribution in [0.25, 0.3) is 0 Å². The van der Waals surface area contributed by atoms with Crippen molar-refractivity contribution in [2.24, 2.45) is 0 Å². The van der Waals surface area contributed by atoms with Gasteiger partial charge in [0.2, 0.25) is 10.0 Å². The zero-order chi connectivity index (χ0) is 21.9. The van der Waals surface area contributed by atoms with E-state index in [1.165, 1.54) is 36.0 Å². The number of benzene rings is 2. The normalized spacial score (nSPS) is 11.4. The molecule has 0 aliphatic heterocycles. The summed E-state index contributed by atoms with van der Waals surface area (Å²) in [5, 5.41) is 15.0. The first-order valence-corrected chi connectivity index (χ1v) is 11.1. The van der Waals surface area contributed by atoms with Crippen LogP contribution in [0.2, 0.25) is 0 Å². The number of aromatic nitrogens is 2. The molecule has 0 radical (unpaired) electrons. The topological polar surface area (TPSA) is 124 Å². The molecule has 30 heavy (non-hydrogen) atoms. The second kappa shape index (κ2) is 8.78. The van der Waals surface area contributed by atoms with Crippen LogP contribution in [0.15, 0.2) is 69.3 Å². The van der Waals surface area contributed by atoms with E-state index in [1.807, 2.05) is 0 Å². The Morgan fingerprint density at radius 3 is 2.37 bits per heavy atom. The van der Waals surface area contributed by atoms with E-state index in [2.05, 4.69) is 9.82 Å². The quantitative estimate of drug-likeness (QED) is 0.436. The maximum atomic E-state index is 12.6. The minimum atomic E-state index is -3.81. The number of nitrogens with one attached hydrogen (secondary N) is 1. The monoisotopic (exact) mass is 446 g/mol. The van der Waals surface area contributed by atoms with E-state index >= 15 is 0 Å². The van der Waals surface area contributed by atoms with Gasteiger partial charge in [-0.15, -0.1) is 0 Å². The van der Waals surface area contributed by atoms with E-state index in [0.717, 1.165) is 14.5 Å². The van der Waals surface area contributed by atoms with Crippen molar-refractivity contribution in [3.63, 3.8) is 0 Å². The highest BCUT2D eigenvalue weighted by atomic mass is 32.2. The number of hydrogen-bond donors (Lipinski definition) is 1. The Morgan fingerprint density at radius 1 is 1.13 bits per heavy atom. The number of non-ortho nitro benzene ring substituents is 1. The summed E-state index contributed by atoms with van der Waals surface area (Å²) in [7, 11) is -3.81. The molecular weight excluding hydrogens is 428 g/mol. The Hall–Kier alpha value is -3.02. The molecule has 2 aromatic carbocycles. The molecule has 1 N–H and O–H groups in total. The third kappa shape index (κ3) is 4.75. The van der Waals surface area contributed by atoms with Gasteiger partial charge in [-0.25, -0.2) is 17.8 Å². The molecule has 0 bridgehead atoms. The number of nitro groups is 1. The van der Waals surface area contributed by atoms with E-state index in [9.17, 15) is 23.3 Å². The van der Waals surface area contributed by atoms with Crippen LogP contribution in [-0.2, 0) is 10.0 Å². The lowest BCUT2D eigenvalue weighted by molar-refractivity contribution is -0.384. The SMILES string of the molecule is Cc1nn(C(=O)CNS(=O)(=O)c2ccccc2)c(C)c1Sc1ccc([N+](=O)[O-])cc1. The molecular formula is C19H18N4O5S2. The van der Waals surface area contributed by atoms with E-state index in [-0.39, 0.29) is 10.6 Å². The zero-order valence-corrected chi connectivity index (χ0v) is 17.7. The third-order valence-electron chi connectivity index (χ3n) is 4.20. The molecule has 0 spiro atoms. The van der Waals surface area contributed by atoms with Gasteiger partial charge in [-0.1, -0.05) is 30.0 Å². The first-order valence-electron chi connectivity index (χ1n) is 8.75. The van der Waals surface area contributed by atoms with Crippen LogP contribution in [0.3, 0.4) is 0 Å². The molecule has 0 atom stereocenters. The van der Waals surface area contributed by atoms with Gasteiger partial charge >= 0.3 is 0 Å². The Kier molecular flexibility index (Phi) is 6.34. The molecule has 1 heterocycles. The van der Waals surface area contributed by atoms with Crippen LogP contribution in [0.1, 0.15) is 16.2 Å². The van der Waals surface area contributed by atoms with Crippen molar-refractivity contribution in [3.05, 3.63) is 76.1 Å². The molecule has 156 valence electrons. The van der Waals surface area contributed by atoms with Crippen LogP contribution in [0.4, 0.5) is 5.69 Å². The summed E-state index contributed by atoms with van der Waals surface area (Å²) < 4.78 is 28.0. The highest BCUT2D eigenvalue weighted by Crippen LogP contribution is 2.33. The van der Waals surface area contributed by atoms with Gasteiger partial charge in [0.1, 0.15) is 0 Å². The lowest BCUT2D eigenvalue weighted by atomic mass is 10.3. The highest BCUT2D eigenvalue weighted by Gasteiger charge is 2.20. The Labute approximate surface area is 177 Å². The Bertz CT molecular complexity index is 1190. The van der Waals surface area contributed by atoms with Crippen LogP contribution in [-0.4, -0.2) is 35.6 Å². The number of nitrogens with zero attached hydrogens (tertiary/aromatic N) is 3. The minimum absolute atomic E-state index is 0.00985. The number of carbonyl (C=O) groups is 1. The Balaban J connectivity index is 1.74. The standard InChI is InChI=1S/C19H18N4O5S2/c1-13-19(29-16-10-8-15(9-11-16)23(25)26)14(2)22(21-13)18(24)12-20-30(27,28)17-6-4-3-5-7-17/h3-11,20H,12H2,1-2H3. The summed E-state index contributed by atoms with van der Waals surface area (Å²) in [4.78, 5) is 24.4. The van der Waals surface area contributed by atoms with E-state index in [0.29, 0.717) is 11.4 Å². The van der Waals surface area contributed by atoms with Gasteiger partial charge in [-0.3, -0.25) is 14.9 Å². The fraction of sp³-hybridized carbons (Fsp3) is 0.158. The second-order valence-electron chi connectivity index (χ2n) is 6.30. The van der Waals surface area contributed by atoms with Crippen molar-refractivity contribution < 1.29 is 18.1 Å². The van der Waals surface area contributed by atoms with Crippen LogP contribution < -0.4 is 4.72 Å². The molecule has 11 heteroatoms. The number of rotatable bonds is 7. The Morgan fingerprint density at radius 2 is 1.77 bits per heavy atom. The first kappa shape index (κ1) is 21.7. The van der Waals surface area contributed by atoms with Gasteiger partial charge in [0, 0.05) is 17.0 Å². The van der Waals surface area contributed by atoms with Gasteiger partial charge < -0.3 is 0 Å². The lowest BCUT2D eigenvalue weighted by Crippen LogP contribution is -2.33. The maximum absolute atomic E-state index is 12.6. The summed E-state index contributed by atoms with van der Waals surface area (Å²) in [6.45, 7) is 3.00. The summed E-state index contributed by atoms with van der Waals surface area (Å²) in [6, 6.07) is 13.8. The summed E-state index contributed by atoms with van der Waals surface area (Å²) in [5.41, 5.74) is 1.14. The summed E-state index contributed by atoms with van der Waals surface area (Å²) in [5.74, 6) is -0.523. The average Bonchev–Trinajstić information content (AvgIpc) is 3.01. The van der Waals surface area contributed by atoms with Crippen molar-refractivity contribution in [1.29, 1.82) is 0 Å². The highest BCUT2D eigenvalue weighted by molar-refractivity contribution is 7.99. The van der Waals surface area contributed by atoms with E-state index in [4.69, 9.17) is 0 Å². The molecule has 9 nitrogen and oxygen atoms in total. The smallest absolute Gasteiger partial charge is 0.269 e. The third-order valence-corrected chi connectivity index (χ3v) is 6.92. The molecule has 0 saturated heterocycles. The largest absolute Gasteiger partial charge is 0.271 e. The molecule has 0 fully saturated rings. The maximum Gasteiger partial charge on any atom is 0.269 e. The van der Waals surface area contributed by atoms with Gasteiger partial charge in [0.15, 0.2) is 0 Å². The fourth-order valence-electron chi connectivity index (χ4n) is 2.69. The molecule has 1 aromatic heterocycles. The molecule has 3 aromatic rings. The van der Waals surface area contributed by atoms with Crippen molar-refractivity contribution in [3.8, 4) is 0 Å². The van der Waals surface area contributed by atoms with Crippen LogP contribution >= 0.6 is 11.8 Å². The second-order valence-corrected chi connectivity index (χ2v) is 9.15. The van der Waals surface area contributed by atoms with Crippen LogP contribution in [0.5, 0.6) is 0 Å². The van der Waals surface area contributed by atoms with Crippen molar-refractivity contribution in [2.75, 3.05) is 6.54 Å². The zero-order valence-electron chi connectivity index (χ0n) is 16.1. The molecule has 0 aliphatic carbocycles. The number of hydrogen-bond acceptors (Lipinski definition) is 7. The van der Waals surface area contributed by atoms with Gasteiger partial charge in [-0.2, -0.15) is 5.10 Å².